The maximum Gasteiger partial charge on any atom is 0.274 e. The van der Waals surface area contributed by atoms with Gasteiger partial charge in [-0.3, -0.25) is 9.59 Å². The third-order valence-corrected chi connectivity index (χ3v) is 3.66. The van der Waals surface area contributed by atoms with E-state index >= 15 is 0 Å². The minimum Gasteiger partial charge on any atom is -0.431 e. The summed E-state index contributed by atoms with van der Waals surface area (Å²) in [4.78, 5) is 22.5. The number of halogens is 3. The lowest BCUT2D eigenvalue weighted by molar-refractivity contribution is 0.107. The van der Waals surface area contributed by atoms with E-state index < -0.39 is 16.5 Å². The predicted octanol–water partition coefficient (Wildman–Crippen LogP) is 5.99. The molecule has 0 heterocycles. The second-order valence-electron chi connectivity index (χ2n) is 5.07. The molecule has 23 heavy (non-hydrogen) atoms. The van der Waals surface area contributed by atoms with E-state index in [9.17, 15) is 14.0 Å². The molecule has 0 aliphatic carbocycles. The van der Waals surface area contributed by atoms with Gasteiger partial charge in [-0.1, -0.05) is 32.6 Å². The standard InChI is InChI=1S/C17H19Cl2FO3/c1-2-3-4-5-6-7-8-15(20)23-14-10-9-12(16(18)21)11-13(14)17(19)22/h8-11H,2-7H2,1H3/b15-8+. The van der Waals surface area contributed by atoms with Gasteiger partial charge >= 0.3 is 0 Å². The zero-order valence-corrected chi connectivity index (χ0v) is 14.4. The SMILES string of the molecule is CCCCCCC/C=C(\F)Oc1ccc(C(=O)Cl)cc1C(=O)Cl. The average Bonchev–Trinajstić information content (AvgIpc) is 2.50. The molecule has 1 rings (SSSR count). The molecule has 0 atom stereocenters. The van der Waals surface area contributed by atoms with Crippen molar-refractivity contribution >= 4 is 33.7 Å². The van der Waals surface area contributed by atoms with Crippen LogP contribution in [0.15, 0.2) is 30.3 Å². The number of hydrogen-bond acceptors (Lipinski definition) is 3. The Morgan fingerprint density at radius 2 is 1.83 bits per heavy atom. The van der Waals surface area contributed by atoms with E-state index in [0.717, 1.165) is 25.7 Å². The van der Waals surface area contributed by atoms with E-state index in [-0.39, 0.29) is 16.9 Å². The van der Waals surface area contributed by atoms with Crippen LogP contribution in [0, 0.1) is 0 Å². The number of hydrogen-bond donors (Lipinski definition) is 0. The van der Waals surface area contributed by atoms with Gasteiger partial charge in [-0.05, 0) is 60.3 Å². The van der Waals surface area contributed by atoms with Gasteiger partial charge in [0.25, 0.3) is 16.5 Å². The summed E-state index contributed by atoms with van der Waals surface area (Å²) >= 11 is 10.8. The van der Waals surface area contributed by atoms with Crippen LogP contribution < -0.4 is 4.74 Å². The first-order valence-electron chi connectivity index (χ1n) is 7.53. The van der Waals surface area contributed by atoms with Crippen LogP contribution in [0.4, 0.5) is 4.39 Å². The molecule has 0 saturated heterocycles. The summed E-state index contributed by atoms with van der Waals surface area (Å²) < 4.78 is 18.8. The smallest absolute Gasteiger partial charge is 0.274 e. The number of ether oxygens (including phenoxy) is 1. The lowest BCUT2D eigenvalue weighted by Gasteiger charge is -2.08. The van der Waals surface area contributed by atoms with Crippen LogP contribution in [0.3, 0.4) is 0 Å². The maximum atomic E-state index is 13.8. The third-order valence-electron chi connectivity index (χ3n) is 3.24. The first-order chi connectivity index (χ1) is 11.0. The fourth-order valence-electron chi connectivity index (χ4n) is 2.00. The number of allylic oxidation sites excluding steroid dienone is 1. The summed E-state index contributed by atoms with van der Waals surface area (Å²) in [5.74, 6) is -0.0496. The van der Waals surface area contributed by atoms with Crippen molar-refractivity contribution in [1.82, 2.24) is 0 Å². The second-order valence-corrected chi connectivity index (χ2v) is 5.76. The third kappa shape index (κ3) is 7.14. The largest absolute Gasteiger partial charge is 0.431 e. The van der Waals surface area contributed by atoms with Crippen molar-refractivity contribution in [2.75, 3.05) is 0 Å². The van der Waals surface area contributed by atoms with Crippen LogP contribution in [0.5, 0.6) is 5.75 Å². The first kappa shape index (κ1) is 19.7. The summed E-state index contributed by atoms with van der Waals surface area (Å²) in [6, 6.07) is 3.01. The highest BCUT2D eigenvalue weighted by Crippen LogP contribution is 2.25. The monoisotopic (exact) mass is 360 g/mol. The average molecular weight is 361 g/mol. The van der Waals surface area contributed by atoms with E-state index in [0.29, 0.717) is 6.42 Å². The van der Waals surface area contributed by atoms with Crippen molar-refractivity contribution < 1.29 is 18.7 Å². The summed E-state index contributed by atoms with van der Waals surface area (Å²) in [6.07, 6.45) is 7.25. The molecule has 0 aliphatic heterocycles. The van der Waals surface area contributed by atoms with Crippen molar-refractivity contribution in [3.05, 3.63) is 41.4 Å². The molecule has 1 aromatic carbocycles. The van der Waals surface area contributed by atoms with Crippen molar-refractivity contribution in [1.29, 1.82) is 0 Å². The minimum atomic E-state index is -0.855. The molecule has 3 nitrogen and oxygen atoms in total. The highest BCUT2D eigenvalue weighted by Gasteiger charge is 2.15. The Labute approximate surface area is 145 Å². The highest BCUT2D eigenvalue weighted by atomic mass is 35.5. The molecule has 0 unspecified atom stereocenters. The Bertz CT molecular complexity index is 585. The molecule has 126 valence electrons. The fourth-order valence-corrected chi connectivity index (χ4v) is 2.27. The zero-order chi connectivity index (χ0) is 17.2. The molecule has 0 bridgehead atoms. The van der Waals surface area contributed by atoms with Crippen LogP contribution in [-0.4, -0.2) is 10.5 Å². The Hall–Kier alpha value is -1.39. The van der Waals surface area contributed by atoms with Gasteiger partial charge in [0.05, 0.1) is 5.56 Å². The summed E-state index contributed by atoms with van der Waals surface area (Å²) in [7, 11) is 0. The topological polar surface area (TPSA) is 43.4 Å². The molecular weight excluding hydrogens is 342 g/mol. The van der Waals surface area contributed by atoms with Crippen molar-refractivity contribution in [3.63, 3.8) is 0 Å². The molecule has 0 amide bonds. The van der Waals surface area contributed by atoms with Crippen LogP contribution in [0.25, 0.3) is 0 Å². The van der Waals surface area contributed by atoms with Gasteiger partial charge in [0.2, 0.25) is 0 Å². The predicted molar refractivity (Wildman–Crippen MR) is 90.0 cm³/mol. The molecule has 0 radical (unpaired) electrons. The maximum absolute atomic E-state index is 13.8. The first-order valence-corrected chi connectivity index (χ1v) is 8.28. The molecule has 0 fully saturated rings. The second kappa shape index (κ2) is 10.4. The van der Waals surface area contributed by atoms with Crippen LogP contribution in [0.2, 0.25) is 0 Å². The molecule has 0 aromatic heterocycles. The number of unbranched alkanes of at least 4 members (excludes halogenated alkanes) is 5. The van der Waals surface area contributed by atoms with E-state index in [1.165, 1.54) is 30.7 Å². The number of benzene rings is 1. The summed E-state index contributed by atoms with van der Waals surface area (Å²) in [5, 5.41) is -1.59. The van der Waals surface area contributed by atoms with Crippen molar-refractivity contribution in [2.45, 2.75) is 45.4 Å². The molecule has 0 saturated carbocycles. The summed E-state index contributed by atoms with van der Waals surface area (Å²) in [5.41, 5.74) is -0.0204. The molecular formula is C17H19Cl2FO3. The van der Waals surface area contributed by atoms with Gasteiger partial charge in [0.1, 0.15) is 5.75 Å². The highest BCUT2D eigenvalue weighted by molar-refractivity contribution is 6.69. The van der Waals surface area contributed by atoms with Crippen LogP contribution in [-0.2, 0) is 0 Å². The van der Waals surface area contributed by atoms with Gasteiger partial charge in [0.15, 0.2) is 0 Å². The molecule has 0 N–H and O–H groups in total. The van der Waals surface area contributed by atoms with Crippen LogP contribution >= 0.6 is 23.2 Å². The molecule has 0 spiro atoms. The Kier molecular flexibility index (Phi) is 8.89. The number of rotatable bonds is 10. The van der Waals surface area contributed by atoms with Gasteiger partial charge in [-0.25, -0.2) is 0 Å². The lowest BCUT2D eigenvalue weighted by Crippen LogP contribution is -2.00. The minimum absolute atomic E-state index is 0.0496. The molecule has 6 heteroatoms. The fraction of sp³-hybridized carbons (Fsp3) is 0.412. The Balaban J connectivity index is 2.68. The van der Waals surface area contributed by atoms with E-state index in [2.05, 4.69) is 6.92 Å². The van der Waals surface area contributed by atoms with Crippen LogP contribution in [0.1, 0.15) is 66.2 Å². The zero-order valence-electron chi connectivity index (χ0n) is 12.9. The van der Waals surface area contributed by atoms with Gasteiger partial charge in [0, 0.05) is 5.56 Å². The quantitative estimate of drug-likeness (QED) is 0.292. The van der Waals surface area contributed by atoms with Gasteiger partial charge in [-0.15, -0.1) is 0 Å². The molecule has 1 aromatic rings. The van der Waals surface area contributed by atoms with E-state index in [1.807, 2.05) is 0 Å². The van der Waals surface area contributed by atoms with Crippen molar-refractivity contribution in [2.24, 2.45) is 0 Å². The van der Waals surface area contributed by atoms with E-state index in [4.69, 9.17) is 27.9 Å². The lowest BCUT2D eigenvalue weighted by atomic mass is 10.1. The molecule has 0 aliphatic rings. The van der Waals surface area contributed by atoms with Crippen molar-refractivity contribution in [3.8, 4) is 5.75 Å². The van der Waals surface area contributed by atoms with Gasteiger partial charge in [-0.2, -0.15) is 4.39 Å². The summed E-state index contributed by atoms with van der Waals surface area (Å²) in [6.45, 7) is 2.13. The van der Waals surface area contributed by atoms with Gasteiger partial charge < -0.3 is 4.74 Å². The normalized spacial score (nSPS) is 11.4. The van der Waals surface area contributed by atoms with E-state index in [1.54, 1.807) is 0 Å². The Morgan fingerprint density at radius 3 is 2.43 bits per heavy atom. The number of carbonyl (C=O) groups excluding carboxylic acids is 2. The Morgan fingerprint density at radius 1 is 1.13 bits per heavy atom. The number of carbonyl (C=O) groups is 2.